The highest BCUT2D eigenvalue weighted by atomic mass is 32.2. The van der Waals surface area contributed by atoms with Crippen LogP contribution in [0.15, 0.2) is 23.8 Å². The average molecular weight is 301 g/mol. The van der Waals surface area contributed by atoms with Crippen LogP contribution < -0.4 is 0 Å². The molecule has 1 aliphatic rings. The minimum Gasteiger partial charge on any atom is -0.399 e. The lowest BCUT2D eigenvalue weighted by atomic mass is 9.77. The molecule has 0 aliphatic carbocycles. The van der Waals surface area contributed by atoms with Crippen LogP contribution in [0.2, 0.25) is 0 Å². The van der Waals surface area contributed by atoms with Crippen molar-refractivity contribution in [2.75, 3.05) is 13.3 Å². The van der Waals surface area contributed by atoms with Crippen molar-refractivity contribution in [2.45, 2.75) is 45.8 Å². The quantitative estimate of drug-likeness (QED) is 0.588. The summed E-state index contributed by atoms with van der Waals surface area (Å²) in [6, 6.07) is 0. The van der Waals surface area contributed by atoms with Gasteiger partial charge in [0.15, 0.2) is 0 Å². The van der Waals surface area contributed by atoms with Gasteiger partial charge in [-0.25, -0.2) is 8.42 Å². The van der Waals surface area contributed by atoms with Crippen LogP contribution in [-0.4, -0.2) is 44.3 Å². The van der Waals surface area contributed by atoms with Crippen LogP contribution in [0, 0.1) is 0 Å². The van der Waals surface area contributed by atoms with E-state index in [2.05, 4.69) is 6.58 Å². The molecule has 1 heterocycles. The molecule has 114 valence electrons. The molecule has 0 radical (unpaired) electrons. The van der Waals surface area contributed by atoms with Gasteiger partial charge in [0.05, 0.1) is 17.5 Å². The lowest BCUT2D eigenvalue weighted by Gasteiger charge is -2.32. The molecule has 5 nitrogen and oxygen atoms in total. The van der Waals surface area contributed by atoms with Gasteiger partial charge >= 0.3 is 7.12 Å². The molecule has 0 aromatic rings. The standard InChI is InChI=1S/C13H24BNO4S/c1-9-11(10(2)15(7)20(8,16)17)14-18-12(3,4)13(5,6)19-14/h9H,1H2,2-8H3. The van der Waals surface area contributed by atoms with E-state index in [9.17, 15) is 8.42 Å². The Balaban J connectivity index is 3.20. The molecule has 0 spiro atoms. The van der Waals surface area contributed by atoms with Crippen LogP contribution in [0.1, 0.15) is 34.6 Å². The summed E-state index contributed by atoms with van der Waals surface area (Å²) >= 11 is 0. The molecule has 0 unspecified atom stereocenters. The summed E-state index contributed by atoms with van der Waals surface area (Å²) in [7, 11) is -2.45. The highest BCUT2D eigenvalue weighted by Gasteiger charge is 2.52. The molecule has 0 saturated carbocycles. The normalized spacial score (nSPS) is 22.4. The molecule has 1 rings (SSSR count). The number of nitrogens with zero attached hydrogens (tertiary/aromatic N) is 1. The number of hydrogen-bond donors (Lipinski definition) is 0. The second-order valence-electron chi connectivity index (χ2n) is 6.06. The first-order valence-electron chi connectivity index (χ1n) is 6.46. The van der Waals surface area contributed by atoms with Gasteiger partial charge in [0.1, 0.15) is 0 Å². The summed E-state index contributed by atoms with van der Waals surface area (Å²) in [5, 5.41) is 0. The van der Waals surface area contributed by atoms with Crippen molar-refractivity contribution in [3.05, 3.63) is 23.8 Å². The molecule has 0 amide bonds. The third kappa shape index (κ3) is 3.10. The Bertz CT molecular complexity index is 521. The van der Waals surface area contributed by atoms with Crippen LogP contribution in [-0.2, 0) is 19.3 Å². The molecule has 1 fully saturated rings. The van der Waals surface area contributed by atoms with E-state index in [1.807, 2.05) is 27.7 Å². The topological polar surface area (TPSA) is 55.8 Å². The monoisotopic (exact) mass is 301 g/mol. The van der Waals surface area contributed by atoms with E-state index in [1.54, 1.807) is 13.0 Å². The van der Waals surface area contributed by atoms with Crippen molar-refractivity contribution in [2.24, 2.45) is 0 Å². The lowest BCUT2D eigenvalue weighted by Crippen LogP contribution is -2.41. The Morgan fingerprint density at radius 3 is 1.90 bits per heavy atom. The Labute approximate surface area is 122 Å². The van der Waals surface area contributed by atoms with Gasteiger partial charge in [-0.2, -0.15) is 0 Å². The second-order valence-corrected chi connectivity index (χ2v) is 8.08. The zero-order valence-electron chi connectivity index (χ0n) is 13.4. The first-order valence-corrected chi connectivity index (χ1v) is 8.31. The van der Waals surface area contributed by atoms with Crippen molar-refractivity contribution in [1.29, 1.82) is 0 Å². The predicted octanol–water partition coefficient (Wildman–Crippen LogP) is 1.97. The van der Waals surface area contributed by atoms with Crippen molar-refractivity contribution >= 4 is 17.1 Å². The van der Waals surface area contributed by atoms with Crippen molar-refractivity contribution < 1.29 is 17.7 Å². The zero-order chi connectivity index (χ0) is 15.9. The molecule has 0 N–H and O–H groups in total. The Morgan fingerprint density at radius 2 is 1.60 bits per heavy atom. The first-order chi connectivity index (χ1) is 8.83. The van der Waals surface area contributed by atoms with Crippen LogP contribution in [0.3, 0.4) is 0 Å². The van der Waals surface area contributed by atoms with Gasteiger partial charge in [0.25, 0.3) is 0 Å². The summed E-state index contributed by atoms with van der Waals surface area (Å²) in [5.74, 6) is 0. The summed E-state index contributed by atoms with van der Waals surface area (Å²) < 4.78 is 36.3. The number of hydrogen-bond acceptors (Lipinski definition) is 4. The maximum Gasteiger partial charge on any atom is 0.496 e. The van der Waals surface area contributed by atoms with Crippen LogP contribution in [0.5, 0.6) is 0 Å². The predicted molar refractivity (Wildman–Crippen MR) is 81.6 cm³/mol. The Morgan fingerprint density at radius 1 is 1.20 bits per heavy atom. The molecule has 1 aliphatic heterocycles. The minimum atomic E-state index is -3.33. The minimum absolute atomic E-state index is 0.476. The Hall–Kier alpha value is -0.785. The maximum absolute atomic E-state index is 11.6. The summed E-state index contributed by atoms with van der Waals surface area (Å²) in [6.07, 6.45) is 2.74. The van der Waals surface area contributed by atoms with Gasteiger partial charge < -0.3 is 9.31 Å². The van der Waals surface area contributed by atoms with Gasteiger partial charge in [-0.3, -0.25) is 4.31 Å². The molecule has 0 bridgehead atoms. The van der Waals surface area contributed by atoms with Crippen LogP contribution in [0.4, 0.5) is 0 Å². The van der Waals surface area contributed by atoms with Gasteiger partial charge in [-0.05, 0) is 34.6 Å². The molecule has 0 aromatic heterocycles. The average Bonchev–Trinajstić information content (AvgIpc) is 2.46. The van der Waals surface area contributed by atoms with E-state index in [0.29, 0.717) is 11.2 Å². The van der Waals surface area contributed by atoms with Gasteiger partial charge in [0.2, 0.25) is 10.0 Å². The van der Waals surface area contributed by atoms with Crippen LogP contribution in [0.25, 0.3) is 0 Å². The number of allylic oxidation sites excluding steroid dienone is 3. The largest absolute Gasteiger partial charge is 0.496 e. The highest BCUT2D eigenvalue weighted by Crippen LogP contribution is 2.39. The fraction of sp³-hybridized carbons (Fsp3) is 0.692. The SMILES string of the molecule is C=CC(B1OC(C)(C)C(C)(C)O1)=C(C)N(C)S(C)(=O)=O. The third-order valence-electron chi connectivity index (χ3n) is 4.11. The number of rotatable bonds is 4. The Kier molecular flexibility index (Phi) is 4.49. The van der Waals surface area contributed by atoms with E-state index in [4.69, 9.17) is 9.31 Å². The molecular weight excluding hydrogens is 277 g/mol. The molecule has 20 heavy (non-hydrogen) atoms. The summed E-state index contributed by atoms with van der Waals surface area (Å²) in [4.78, 5) is 0. The lowest BCUT2D eigenvalue weighted by molar-refractivity contribution is 0.00578. The molecular formula is C13H24BNO4S. The smallest absolute Gasteiger partial charge is 0.399 e. The zero-order valence-corrected chi connectivity index (χ0v) is 14.2. The van der Waals surface area contributed by atoms with E-state index in [1.165, 1.54) is 11.4 Å². The number of sulfonamides is 1. The third-order valence-corrected chi connectivity index (χ3v) is 5.38. The molecule has 1 saturated heterocycles. The molecule has 0 aromatic carbocycles. The molecule has 0 atom stereocenters. The van der Waals surface area contributed by atoms with E-state index in [-0.39, 0.29) is 0 Å². The summed E-state index contributed by atoms with van der Waals surface area (Å²) in [5.41, 5.74) is 0.212. The fourth-order valence-corrected chi connectivity index (χ4v) is 2.42. The van der Waals surface area contributed by atoms with Gasteiger partial charge in [0, 0.05) is 18.2 Å². The van der Waals surface area contributed by atoms with E-state index in [0.717, 1.165) is 6.26 Å². The second kappa shape index (κ2) is 5.20. The maximum atomic E-state index is 11.6. The van der Waals surface area contributed by atoms with E-state index < -0.39 is 28.3 Å². The van der Waals surface area contributed by atoms with Crippen LogP contribution >= 0.6 is 0 Å². The van der Waals surface area contributed by atoms with Gasteiger partial charge in [-0.15, -0.1) is 0 Å². The van der Waals surface area contributed by atoms with E-state index >= 15 is 0 Å². The van der Waals surface area contributed by atoms with Crippen molar-refractivity contribution in [1.82, 2.24) is 4.31 Å². The van der Waals surface area contributed by atoms with Gasteiger partial charge in [-0.1, -0.05) is 12.7 Å². The fourth-order valence-electron chi connectivity index (χ4n) is 1.82. The summed E-state index contributed by atoms with van der Waals surface area (Å²) in [6.45, 7) is 13.2. The van der Waals surface area contributed by atoms with Crippen molar-refractivity contribution in [3.63, 3.8) is 0 Å². The van der Waals surface area contributed by atoms with Crippen molar-refractivity contribution in [3.8, 4) is 0 Å². The highest BCUT2D eigenvalue weighted by molar-refractivity contribution is 7.88. The molecule has 7 heteroatoms. The first kappa shape index (κ1) is 17.3.